The predicted octanol–water partition coefficient (Wildman–Crippen LogP) is 7.87. The van der Waals surface area contributed by atoms with Gasteiger partial charge in [-0.3, -0.25) is 0 Å². The summed E-state index contributed by atoms with van der Waals surface area (Å²) in [5.74, 6) is 1.73. The zero-order valence-electron chi connectivity index (χ0n) is 27.0. The summed E-state index contributed by atoms with van der Waals surface area (Å²) in [6.07, 6.45) is 5.84. The van der Waals surface area contributed by atoms with Gasteiger partial charge in [-0.05, 0) is 104 Å². The van der Waals surface area contributed by atoms with E-state index in [0.29, 0.717) is 35.4 Å². The summed E-state index contributed by atoms with van der Waals surface area (Å²) in [6.45, 7) is 7.34. The average molecular weight is 637 g/mol. The van der Waals surface area contributed by atoms with Crippen molar-refractivity contribution in [3.63, 3.8) is 0 Å². The number of anilines is 1. The quantitative estimate of drug-likeness (QED) is 0.240. The fourth-order valence-electron chi connectivity index (χ4n) is 8.18. The van der Waals surface area contributed by atoms with Gasteiger partial charge < -0.3 is 9.64 Å². The molecule has 1 saturated carbocycles. The minimum atomic E-state index is -3.96. The fraction of sp³-hybridized carbons (Fsp3) is 0.421. The third kappa shape index (κ3) is 6.29. The number of fused-ring (bicyclic) bond motifs is 4. The standard InChI is InChI=1S/C38H44N4O3S/c1-26(2)20-29-25-45-35-22-34(33-15-8-7-14-32(33)27-10-5-4-6-11-27)39-37(40-35)41-46(43,44)31-13-9-12-28(21-31)36(29)30-23-38(24-30)16-18-42(3)19-17-38/h4-15,21-22,26,29-30,36H,16-20,23-25H2,1-3H3,(H,39,40,41)/t29-,36?/m1/s1. The first-order valence-electron chi connectivity index (χ1n) is 16.7. The van der Waals surface area contributed by atoms with Crippen LogP contribution in [0.1, 0.15) is 57.4 Å². The van der Waals surface area contributed by atoms with Crippen LogP contribution in [0.15, 0.2) is 89.8 Å². The van der Waals surface area contributed by atoms with Crippen molar-refractivity contribution in [2.45, 2.75) is 56.8 Å². The maximum absolute atomic E-state index is 13.9. The molecule has 3 aliphatic rings. The van der Waals surface area contributed by atoms with Crippen molar-refractivity contribution in [2.24, 2.45) is 23.2 Å². The van der Waals surface area contributed by atoms with E-state index >= 15 is 0 Å². The zero-order valence-corrected chi connectivity index (χ0v) is 27.8. The van der Waals surface area contributed by atoms with Crippen LogP contribution in [0.25, 0.3) is 22.4 Å². The van der Waals surface area contributed by atoms with Crippen LogP contribution < -0.4 is 9.46 Å². The summed E-state index contributed by atoms with van der Waals surface area (Å²) in [7, 11) is -1.74. The van der Waals surface area contributed by atoms with Crippen molar-refractivity contribution >= 4 is 16.0 Å². The Balaban J connectivity index is 1.29. The number of piperidine rings is 1. The zero-order chi connectivity index (χ0) is 31.9. The summed E-state index contributed by atoms with van der Waals surface area (Å²) in [5.41, 5.74) is 5.04. The SMILES string of the molecule is CC(C)C[C@@H]1COc2cc(-c3ccccc3-c3ccccc3)nc(n2)NS(=O)(=O)c2cccc(c2)C1C1CC2(CCN(C)CC2)C1. The van der Waals surface area contributed by atoms with Gasteiger partial charge in [-0.2, -0.15) is 4.98 Å². The van der Waals surface area contributed by atoms with E-state index in [2.05, 4.69) is 59.8 Å². The smallest absolute Gasteiger partial charge is 0.264 e. The van der Waals surface area contributed by atoms with E-state index in [1.54, 1.807) is 6.07 Å². The molecule has 2 fully saturated rings. The molecule has 7 rings (SSSR count). The van der Waals surface area contributed by atoms with Crippen molar-refractivity contribution in [3.05, 3.63) is 90.5 Å². The van der Waals surface area contributed by atoms with Crippen LogP contribution in [-0.4, -0.2) is 50.0 Å². The molecule has 2 aliphatic heterocycles. The highest BCUT2D eigenvalue weighted by Gasteiger charge is 2.50. The molecule has 0 amide bonds. The number of hydrogen-bond donors (Lipinski definition) is 1. The second-order valence-electron chi connectivity index (χ2n) is 14.2. The molecular formula is C38H44N4O3S. The molecule has 2 atom stereocenters. The lowest BCUT2D eigenvalue weighted by Crippen LogP contribution is -2.48. The third-order valence-corrected chi connectivity index (χ3v) is 11.8. The third-order valence-electron chi connectivity index (χ3n) is 10.4. The highest BCUT2D eigenvalue weighted by atomic mass is 32.2. The van der Waals surface area contributed by atoms with Gasteiger partial charge in [0.2, 0.25) is 11.8 Å². The molecule has 0 radical (unpaired) electrons. The first kappa shape index (κ1) is 30.9. The number of aromatic nitrogens is 2. The normalized spacial score (nSPS) is 22.6. The van der Waals surface area contributed by atoms with Crippen molar-refractivity contribution in [2.75, 3.05) is 31.5 Å². The minimum absolute atomic E-state index is 0.00139. The number of benzene rings is 3. The van der Waals surface area contributed by atoms with Crippen LogP contribution in [-0.2, 0) is 10.0 Å². The maximum atomic E-state index is 13.9. The molecule has 4 aromatic rings. The van der Waals surface area contributed by atoms with Gasteiger partial charge in [0.05, 0.1) is 17.2 Å². The highest BCUT2D eigenvalue weighted by Crippen LogP contribution is 2.59. The molecule has 4 bridgehead atoms. The Kier molecular flexibility index (Phi) is 8.36. The van der Waals surface area contributed by atoms with E-state index in [1.165, 1.54) is 25.7 Å². The lowest BCUT2D eigenvalue weighted by atomic mass is 9.52. The highest BCUT2D eigenvalue weighted by molar-refractivity contribution is 7.92. The molecule has 1 aliphatic carbocycles. The van der Waals surface area contributed by atoms with Crippen LogP contribution in [0.3, 0.4) is 0 Å². The topological polar surface area (TPSA) is 84.4 Å². The number of rotatable bonds is 5. The first-order chi connectivity index (χ1) is 22.2. The number of likely N-dealkylation sites (tertiary alicyclic amines) is 1. The molecule has 1 saturated heterocycles. The van der Waals surface area contributed by atoms with Gasteiger partial charge >= 0.3 is 0 Å². The van der Waals surface area contributed by atoms with Gasteiger partial charge in [-0.25, -0.2) is 18.1 Å². The van der Waals surface area contributed by atoms with E-state index < -0.39 is 10.0 Å². The molecule has 7 nitrogen and oxygen atoms in total. The van der Waals surface area contributed by atoms with E-state index in [4.69, 9.17) is 9.72 Å². The molecular weight excluding hydrogens is 593 g/mol. The number of hydrogen-bond acceptors (Lipinski definition) is 6. The van der Waals surface area contributed by atoms with Gasteiger partial charge in [0, 0.05) is 17.5 Å². The van der Waals surface area contributed by atoms with E-state index in [9.17, 15) is 8.42 Å². The summed E-state index contributed by atoms with van der Waals surface area (Å²) in [6, 6.07) is 27.6. The Morgan fingerprint density at radius 2 is 1.63 bits per heavy atom. The molecule has 3 heterocycles. The second kappa shape index (κ2) is 12.5. The molecule has 3 aromatic carbocycles. The van der Waals surface area contributed by atoms with Crippen LogP contribution >= 0.6 is 0 Å². The van der Waals surface area contributed by atoms with Crippen molar-refractivity contribution in [3.8, 4) is 28.3 Å². The lowest BCUT2D eigenvalue weighted by Gasteiger charge is -2.55. The Morgan fingerprint density at radius 1 is 0.913 bits per heavy atom. The predicted molar refractivity (Wildman–Crippen MR) is 183 cm³/mol. The number of ether oxygens (including phenoxy) is 1. The molecule has 1 N–H and O–H groups in total. The minimum Gasteiger partial charge on any atom is -0.477 e. The van der Waals surface area contributed by atoms with Gasteiger partial charge in [-0.15, -0.1) is 0 Å². The summed E-state index contributed by atoms with van der Waals surface area (Å²) in [5, 5.41) is 0. The van der Waals surface area contributed by atoms with E-state index in [-0.39, 0.29) is 22.7 Å². The van der Waals surface area contributed by atoms with Gasteiger partial charge in [-0.1, -0.05) is 80.6 Å². The first-order valence-corrected chi connectivity index (χ1v) is 18.1. The summed E-state index contributed by atoms with van der Waals surface area (Å²) >= 11 is 0. The molecule has 1 spiro atoms. The molecule has 1 unspecified atom stereocenters. The van der Waals surface area contributed by atoms with Crippen molar-refractivity contribution in [1.82, 2.24) is 14.9 Å². The largest absolute Gasteiger partial charge is 0.477 e. The maximum Gasteiger partial charge on any atom is 0.264 e. The number of nitrogens with zero attached hydrogens (tertiary/aromatic N) is 3. The Hall–Kier alpha value is -3.75. The molecule has 240 valence electrons. The van der Waals surface area contributed by atoms with Gasteiger partial charge in [0.1, 0.15) is 0 Å². The summed E-state index contributed by atoms with van der Waals surface area (Å²) in [4.78, 5) is 12.0. The van der Waals surface area contributed by atoms with Crippen molar-refractivity contribution in [1.29, 1.82) is 0 Å². The van der Waals surface area contributed by atoms with Gasteiger partial charge in [0.15, 0.2) is 0 Å². The molecule has 8 heteroatoms. The fourth-order valence-corrected chi connectivity index (χ4v) is 9.18. The summed E-state index contributed by atoms with van der Waals surface area (Å²) < 4.78 is 37.0. The van der Waals surface area contributed by atoms with Gasteiger partial charge in [0.25, 0.3) is 10.0 Å². The van der Waals surface area contributed by atoms with Crippen LogP contribution in [0, 0.1) is 23.2 Å². The van der Waals surface area contributed by atoms with Crippen molar-refractivity contribution < 1.29 is 13.2 Å². The lowest BCUT2D eigenvalue weighted by molar-refractivity contribution is -0.0320. The van der Waals surface area contributed by atoms with E-state index in [0.717, 1.165) is 41.8 Å². The number of sulfonamides is 1. The van der Waals surface area contributed by atoms with Crippen LogP contribution in [0.4, 0.5) is 5.95 Å². The Morgan fingerprint density at radius 3 is 2.37 bits per heavy atom. The average Bonchev–Trinajstić information content (AvgIpc) is 3.03. The Labute approximate surface area is 273 Å². The molecule has 46 heavy (non-hydrogen) atoms. The number of nitrogens with one attached hydrogen (secondary N) is 1. The van der Waals surface area contributed by atoms with E-state index in [1.807, 2.05) is 54.6 Å². The Bertz CT molecular complexity index is 1790. The van der Waals surface area contributed by atoms with Crippen LogP contribution in [0.2, 0.25) is 0 Å². The monoisotopic (exact) mass is 636 g/mol. The second-order valence-corrected chi connectivity index (χ2v) is 15.9. The van der Waals surface area contributed by atoms with Crippen LogP contribution in [0.5, 0.6) is 5.88 Å². The molecule has 1 aromatic heterocycles.